The molecule has 0 atom stereocenters. The van der Waals surface area contributed by atoms with Gasteiger partial charge in [-0.1, -0.05) is 20.3 Å². The zero-order valence-electron chi connectivity index (χ0n) is 11.7. The Morgan fingerprint density at radius 1 is 1.41 bits per heavy atom. The molecule has 0 saturated heterocycles. The van der Waals surface area contributed by atoms with Crippen LogP contribution in [0.15, 0.2) is 0 Å². The largest absolute Gasteiger partial charge is 0.464 e. The number of ether oxygens (including phenoxy) is 1. The van der Waals surface area contributed by atoms with Crippen LogP contribution < -0.4 is 5.32 Å². The van der Waals surface area contributed by atoms with E-state index in [9.17, 15) is 4.79 Å². The summed E-state index contributed by atoms with van der Waals surface area (Å²) in [5.74, 6) is 0.882. The van der Waals surface area contributed by atoms with E-state index in [0.717, 1.165) is 25.8 Å². The number of hydrogen-bond donors (Lipinski definition) is 1. The summed E-state index contributed by atoms with van der Waals surface area (Å²) in [5.41, 5.74) is -0.117. The lowest BCUT2D eigenvalue weighted by molar-refractivity contribution is -0.153. The van der Waals surface area contributed by atoms with Gasteiger partial charge in [-0.2, -0.15) is 0 Å². The first kappa shape index (κ1) is 14.5. The first-order valence-corrected chi connectivity index (χ1v) is 6.82. The van der Waals surface area contributed by atoms with E-state index < -0.39 is 0 Å². The maximum atomic E-state index is 11.6. The van der Waals surface area contributed by atoms with Gasteiger partial charge in [0.1, 0.15) is 6.61 Å². The molecule has 1 N–H and O–H groups in total. The van der Waals surface area contributed by atoms with Gasteiger partial charge in [0.2, 0.25) is 0 Å². The minimum atomic E-state index is -0.117. The van der Waals surface area contributed by atoms with Gasteiger partial charge in [-0.05, 0) is 45.6 Å². The fraction of sp³-hybridized carbons (Fsp3) is 0.929. The van der Waals surface area contributed by atoms with Crippen molar-refractivity contribution in [1.82, 2.24) is 5.32 Å². The van der Waals surface area contributed by atoms with Crippen LogP contribution in [0, 0.1) is 11.8 Å². The van der Waals surface area contributed by atoms with E-state index in [1.165, 1.54) is 6.42 Å². The molecule has 0 bridgehead atoms. The second kappa shape index (κ2) is 6.39. The fourth-order valence-corrected chi connectivity index (χ4v) is 1.76. The van der Waals surface area contributed by atoms with Crippen molar-refractivity contribution in [2.45, 2.75) is 58.9 Å². The van der Waals surface area contributed by atoms with Crippen LogP contribution in [0.4, 0.5) is 0 Å². The predicted octanol–water partition coefficient (Wildman–Crippen LogP) is 2.74. The summed E-state index contributed by atoms with van der Waals surface area (Å²) < 4.78 is 5.37. The normalized spacial score (nSPS) is 17.0. The molecule has 0 unspecified atom stereocenters. The molecule has 0 radical (unpaired) electrons. The van der Waals surface area contributed by atoms with Crippen LogP contribution in [0.25, 0.3) is 0 Å². The van der Waals surface area contributed by atoms with Gasteiger partial charge in [-0.15, -0.1) is 0 Å². The first-order chi connectivity index (χ1) is 7.91. The van der Waals surface area contributed by atoms with Crippen molar-refractivity contribution >= 4 is 5.97 Å². The number of nitrogens with one attached hydrogen (secondary N) is 1. The molecule has 1 aliphatic carbocycles. The third-order valence-corrected chi connectivity index (χ3v) is 3.34. The van der Waals surface area contributed by atoms with Gasteiger partial charge in [0.05, 0.1) is 5.92 Å². The number of hydrogen-bond acceptors (Lipinski definition) is 3. The second-order valence-corrected chi connectivity index (χ2v) is 6.23. The van der Waals surface area contributed by atoms with Crippen LogP contribution in [0.5, 0.6) is 0 Å². The molecule has 0 heterocycles. The summed E-state index contributed by atoms with van der Waals surface area (Å²) in [4.78, 5) is 11.6. The van der Waals surface area contributed by atoms with E-state index in [1.807, 2.05) is 0 Å². The van der Waals surface area contributed by atoms with Gasteiger partial charge in [0.25, 0.3) is 0 Å². The van der Waals surface area contributed by atoms with Crippen molar-refractivity contribution in [1.29, 1.82) is 0 Å². The van der Waals surface area contributed by atoms with Crippen LogP contribution in [0.3, 0.4) is 0 Å². The van der Waals surface area contributed by atoms with Crippen LogP contribution in [0.2, 0.25) is 0 Å². The quantitative estimate of drug-likeness (QED) is 0.697. The van der Waals surface area contributed by atoms with Gasteiger partial charge < -0.3 is 10.1 Å². The minimum absolute atomic E-state index is 0.00464. The van der Waals surface area contributed by atoms with Crippen LogP contribution in [-0.2, 0) is 9.53 Å². The van der Waals surface area contributed by atoms with Crippen LogP contribution in [0.1, 0.15) is 53.4 Å². The summed E-state index contributed by atoms with van der Waals surface area (Å²) in [6.45, 7) is 10.0. The molecule has 0 amide bonds. The molecule has 100 valence electrons. The maximum absolute atomic E-state index is 11.6. The average Bonchev–Trinajstić information content (AvgIpc) is 2.11. The molecule has 17 heavy (non-hydrogen) atoms. The van der Waals surface area contributed by atoms with Gasteiger partial charge in [-0.3, -0.25) is 4.79 Å². The van der Waals surface area contributed by atoms with Gasteiger partial charge >= 0.3 is 5.97 Å². The Labute approximate surface area is 105 Å². The Balaban J connectivity index is 2.16. The molecule has 0 spiro atoms. The number of carbonyl (C=O) groups is 1. The topological polar surface area (TPSA) is 38.3 Å². The second-order valence-electron chi connectivity index (χ2n) is 6.23. The molecule has 0 aromatic heterocycles. The molecular formula is C14H27NO2. The molecular weight excluding hydrogens is 214 g/mol. The number of esters is 1. The Morgan fingerprint density at radius 2 is 2.06 bits per heavy atom. The highest BCUT2D eigenvalue weighted by molar-refractivity contribution is 5.73. The third-order valence-electron chi connectivity index (χ3n) is 3.34. The Bertz CT molecular complexity index is 245. The Kier molecular flexibility index (Phi) is 5.44. The summed E-state index contributed by atoms with van der Waals surface area (Å²) in [5, 5.41) is 3.44. The van der Waals surface area contributed by atoms with Gasteiger partial charge in [-0.25, -0.2) is 0 Å². The molecule has 3 heteroatoms. The highest BCUT2D eigenvalue weighted by Gasteiger charge is 2.28. The fourth-order valence-electron chi connectivity index (χ4n) is 1.76. The average molecular weight is 241 g/mol. The molecule has 1 aliphatic rings. The van der Waals surface area contributed by atoms with Gasteiger partial charge in [0.15, 0.2) is 0 Å². The van der Waals surface area contributed by atoms with E-state index in [4.69, 9.17) is 4.74 Å². The summed E-state index contributed by atoms with van der Waals surface area (Å²) in [6, 6.07) is 0. The van der Waals surface area contributed by atoms with Crippen molar-refractivity contribution in [2.75, 3.05) is 13.2 Å². The third kappa shape index (κ3) is 5.53. The summed E-state index contributed by atoms with van der Waals surface area (Å²) in [7, 11) is 0. The van der Waals surface area contributed by atoms with E-state index in [1.54, 1.807) is 0 Å². The zero-order valence-corrected chi connectivity index (χ0v) is 11.7. The summed E-state index contributed by atoms with van der Waals surface area (Å²) >= 11 is 0. The lowest BCUT2D eigenvalue weighted by Gasteiger charge is -2.29. The maximum Gasteiger partial charge on any atom is 0.308 e. The van der Waals surface area contributed by atoms with Crippen molar-refractivity contribution < 1.29 is 9.53 Å². The van der Waals surface area contributed by atoms with E-state index >= 15 is 0 Å². The van der Waals surface area contributed by atoms with Crippen molar-refractivity contribution in [2.24, 2.45) is 11.8 Å². The standard InChI is InChI=1S/C14H27NO2/c1-11(2)8-9-15-14(3,4)10-17-13(16)12-6-5-7-12/h11-12,15H,5-10H2,1-4H3. The molecule has 1 fully saturated rings. The van der Waals surface area contributed by atoms with Crippen molar-refractivity contribution in [3.8, 4) is 0 Å². The first-order valence-electron chi connectivity index (χ1n) is 6.82. The van der Waals surface area contributed by atoms with Crippen LogP contribution in [-0.4, -0.2) is 24.7 Å². The van der Waals surface area contributed by atoms with E-state index in [0.29, 0.717) is 12.5 Å². The lowest BCUT2D eigenvalue weighted by Crippen LogP contribution is -2.45. The molecule has 0 aromatic carbocycles. The molecule has 0 aliphatic heterocycles. The minimum Gasteiger partial charge on any atom is -0.464 e. The van der Waals surface area contributed by atoms with Crippen LogP contribution >= 0.6 is 0 Å². The molecule has 1 saturated carbocycles. The monoisotopic (exact) mass is 241 g/mol. The highest BCUT2D eigenvalue weighted by Crippen LogP contribution is 2.27. The van der Waals surface area contributed by atoms with Crippen molar-refractivity contribution in [3.05, 3.63) is 0 Å². The Morgan fingerprint density at radius 3 is 2.53 bits per heavy atom. The Hall–Kier alpha value is -0.570. The van der Waals surface area contributed by atoms with Crippen molar-refractivity contribution in [3.63, 3.8) is 0 Å². The molecule has 3 nitrogen and oxygen atoms in total. The van der Waals surface area contributed by atoms with Gasteiger partial charge in [0, 0.05) is 5.54 Å². The number of carbonyl (C=O) groups excluding carboxylic acids is 1. The predicted molar refractivity (Wildman–Crippen MR) is 69.8 cm³/mol. The smallest absolute Gasteiger partial charge is 0.308 e. The number of rotatable bonds is 7. The highest BCUT2D eigenvalue weighted by atomic mass is 16.5. The lowest BCUT2D eigenvalue weighted by atomic mass is 9.86. The van der Waals surface area contributed by atoms with E-state index in [2.05, 4.69) is 33.0 Å². The molecule has 0 aromatic rings. The SMILES string of the molecule is CC(C)CCNC(C)(C)COC(=O)C1CCC1. The van der Waals surface area contributed by atoms with E-state index in [-0.39, 0.29) is 17.4 Å². The molecule has 1 rings (SSSR count). The zero-order chi connectivity index (χ0) is 12.9. The summed E-state index contributed by atoms with van der Waals surface area (Å²) in [6.07, 6.45) is 4.36.